The van der Waals surface area contributed by atoms with Crippen LogP contribution in [0, 0.1) is 0 Å². The van der Waals surface area contributed by atoms with Crippen LogP contribution in [0.25, 0.3) is 0 Å². The molecule has 1 atom stereocenters. The Morgan fingerprint density at radius 3 is 2.90 bits per heavy atom. The average molecular weight is 316 g/mol. The Hall–Kier alpha value is -1.99. The maximum absolute atomic E-state index is 12.1. The number of fused-ring (bicyclic) bond motifs is 1. The molecular formula is C13H14ClNO6. The standard InChI is InChI=1S/C13H14ClNO6/c1-19-3-2-9(13(17)18)15-12(16)7-4-8(14)11-10(5-7)20-6-21-11/h4-5,9H,2-3,6H2,1H3,(H,15,16)(H,17,18). The largest absolute Gasteiger partial charge is 0.480 e. The predicted molar refractivity (Wildman–Crippen MR) is 73.0 cm³/mol. The maximum atomic E-state index is 12.1. The first-order chi connectivity index (χ1) is 10.0. The smallest absolute Gasteiger partial charge is 0.326 e. The van der Waals surface area contributed by atoms with Crippen LogP contribution in [0.2, 0.25) is 5.02 Å². The van der Waals surface area contributed by atoms with Crippen molar-refractivity contribution in [3.05, 3.63) is 22.7 Å². The minimum Gasteiger partial charge on any atom is -0.480 e. The number of carboxylic acid groups (broad SMARTS) is 1. The van der Waals surface area contributed by atoms with E-state index in [0.29, 0.717) is 11.5 Å². The normalized spacial score (nSPS) is 13.8. The Balaban J connectivity index is 2.12. The topological polar surface area (TPSA) is 94.1 Å². The molecule has 1 aliphatic rings. The second-order valence-electron chi connectivity index (χ2n) is 4.34. The highest BCUT2D eigenvalue weighted by molar-refractivity contribution is 6.32. The van der Waals surface area contributed by atoms with Gasteiger partial charge in [0, 0.05) is 25.7 Å². The average Bonchev–Trinajstić information content (AvgIpc) is 2.91. The van der Waals surface area contributed by atoms with Gasteiger partial charge in [-0.1, -0.05) is 11.6 Å². The number of carbonyl (C=O) groups excluding carboxylic acids is 1. The molecule has 0 spiro atoms. The third kappa shape index (κ3) is 3.56. The summed E-state index contributed by atoms with van der Waals surface area (Å²) in [7, 11) is 1.46. The summed E-state index contributed by atoms with van der Waals surface area (Å²) in [6.45, 7) is 0.255. The Morgan fingerprint density at radius 1 is 1.48 bits per heavy atom. The molecule has 8 heteroatoms. The Kier molecular flexibility index (Phi) is 4.87. The van der Waals surface area contributed by atoms with Crippen LogP contribution in [0.15, 0.2) is 12.1 Å². The Bertz CT molecular complexity index is 562. The molecule has 0 radical (unpaired) electrons. The Labute approximate surface area is 125 Å². The molecule has 0 aromatic heterocycles. The van der Waals surface area contributed by atoms with Crippen molar-refractivity contribution in [3.8, 4) is 11.5 Å². The molecule has 1 aromatic rings. The highest BCUT2D eigenvalue weighted by Crippen LogP contribution is 2.39. The zero-order valence-electron chi connectivity index (χ0n) is 11.2. The van der Waals surface area contributed by atoms with Crippen molar-refractivity contribution in [3.63, 3.8) is 0 Å². The van der Waals surface area contributed by atoms with E-state index in [-0.39, 0.29) is 30.4 Å². The summed E-state index contributed by atoms with van der Waals surface area (Å²) in [5, 5.41) is 11.7. The molecule has 1 aliphatic heterocycles. The first kappa shape index (κ1) is 15.4. The molecule has 0 aliphatic carbocycles. The van der Waals surface area contributed by atoms with Gasteiger partial charge in [-0.3, -0.25) is 4.79 Å². The van der Waals surface area contributed by atoms with Crippen LogP contribution in [-0.2, 0) is 9.53 Å². The third-order valence-electron chi connectivity index (χ3n) is 2.90. The highest BCUT2D eigenvalue weighted by atomic mass is 35.5. The summed E-state index contributed by atoms with van der Waals surface area (Å²) in [4.78, 5) is 23.2. The van der Waals surface area contributed by atoms with E-state index in [1.165, 1.54) is 19.2 Å². The Morgan fingerprint density at radius 2 is 2.24 bits per heavy atom. The summed E-state index contributed by atoms with van der Waals surface area (Å²) in [6, 6.07) is 1.82. The van der Waals surface area contributed by atoms with Crippen molar-refractivity contribution in [1.29, 1.82) is 0 Å². The SMILES string of the molecule is COCCC(NC(=O)c1cc(Cl)c2c(c1)OCO2)C(=O)O. The molecule has 2 N–H and O–H groups in total. The summed E-state index contributed by atoms with van der Waals surface area (Å²) in [5.41, 5.74) is 0.202. The zero-order chi connectivity index (χ0) is 15.4. The lowest BCUT2D eigenvalue weighted by Gasteiger charge is -2.14. The summed E-state index contributed by atoms with van der Waals surface area (Å²) < 4.78 is 15.1. The van der Waals surface area contributed by atoms with Crippen LogP contribution < -0.4 is 14.8 Å². The molecule has 0 bridgehead atoms. The predicted octanol–water partition coefficient (Wildman–Crippen LogP) is 1.29. The first-order valence-electron chi connectivity index (χ1n) is 6.14. The lowest BCUT2D eigenvalue weighted by molar-refractivity contribution is -0.139. The van der Waals surface area contributed by atoms with Crippen molar-refractivity contribution < 1.29 is 28.9 Å². The monoisotopic (exact) mass is 315 g/mol. The number of methoxy groups -OCH3 is 1. The number of ether oxygens (including phenoxy) is 3. The fourth-order valence-electron chi connectivity index (χ4n) is 1.83. The number of amides is 1. The lowest BCUT2D eigenvalue weighted by atomic mass is 10.1. The molecule has 1 aromatic carbocycles. The van der Waals surface area contributed by atoms with E-state index in [1.807, 2.05) is 0 Å². The van der Waals surface area contributed by atoms with E-state index < -0.39 is 17.9 Å². The van der Waals surface area contributed by atoms with Gasteiger partial charge >= 0.3 is 5.97 Å². The molecule has 1 amide bonds. The van der Waals surface area contributed by atoms with E-state index in [4.69, 9.17) is 30.9 Å². The molecule has 1 heterocycles. The molecule has 7 nitrogen and oxygen atoms in total. The van der Waals surface area contributed by atoms with Crippen molar-refractivity contribution >= 4 is 23.5 Å². The van der Waals surface area contributed by atoms with Crippen LogP contribution in [0.3, 0.4) is 0 Å². The van der Waals surface area contributed by atoms with Crippen molar-refractivity contribution in [2.45, 2.75) is 12.5 Å². The maximum Gasteiger partial charge on any atom is 0.326 e. The lowest BCUT2D eigenvalue weighted by Crippen LogP contribution is -2.41. The van der Waals surface area contributed by atoms with E-state index in [2.05, 4.69) is 5.32 Å². The number of nitrogens with one attached hydrogen (secondary N) is 1. The van der Waals surface area contributed by atoms with Gasteiger partial charge in [-0.15, -0.1) is 0 Å². The zero-order valence-corrected chi connectivity index (χ0v) is 12.0. The fraction of sp³-hybridized carbons (Fsp3) is 0.385. The number of carbonyl (C=O) groups is 2. The number of halogens is 1. The molecule has 0 fully saturated rings. The van der Waals surface area contributed by atoms with Crippen LogP contribution in [0.5, 0.6) is 11.5 Å². The molecule has 1 unspecified atom stereocenters. The van der Waals surface area contributed by atoms with Gasteiger partial charge in [-0.05, 0) is 12.1 Å². The molecule has 0 saturated carbocycles. The second-order valence-corrected chi connectivity index (χ2v) is 4.74. The van der Waals surface area contributed by atoms with Crippen LogP contribution in [0.1, 0.15) is 16.8 Å². The van der Waals surface area contributed by atoms with Crippen LogP contribution in [0.4, 0.5) is 0 Å². The minimum absolute atomic E-state index is 0.0334. The van der Waals surface area contributed by atoms with Crippen molar-refractivity contribution in [1.82, 2.24) is 5.32 Å². The van der Waals surface area contributed by atoms with Gasteiger partial charge in [0.2, 0.25) is 6.79 Å². The van der Waals surface area contributed by atoms with Gasteiger partial charge < -0.3 is 24.6 Å². The molecule has 21 heavy (non-hydrogen) atoms. The van der Waals surface area contributed by atoms with Gasteiger partial charge in [0.1, 0.15) is 6.04 Å². The minimum atomic E-state index is -1.13. The van der Waals surface area contributed by atoms with E-state index in [0.717, 1.165) is 0 Å². The van der Waals surface area contributed by atoms with Crippen molar-refractivity contribution in [2.24, 2.45) is 0 Å². The molecule has 2 rings (SSSR count). The number of carboxylic acids is 1. The van der Waals surface area contributed by atoms with Gasteiger partial charge in [0.15, 0.2) is 11.5 Å². The second kappa shape index (κ2) is 6.64. The fourth-order valence-corrected chi connectivity index (χ4v) is 2.10. The van der Waals surface area contributed by atoms with Gasteiger partial charge in [0.05, 0.1) is 5.02 Å². The first-order valence-corrected chi connectivity index (χ1v) is 6.52. The number of benzene rings is 1. The number of rotatable bonds is 6. The van der Waals surface area contributed by atoms with Crippen molar-refractivity contribution in [2.75, 3.05) is 20.5 Å². The van der Waals surface area contributed by atoms with Crippen LogP contribution >= 0.6 is 11.6 Å². The summed E-state index contributed by atoms with van der Waals surface area (Å²) in [5.74, 6) is -0.954. The van der Waals surface area contributed by atoms with Gasteiger partial charge in [-0.2, -0.15) is 0 Å². The summed E-state index contributed by atoms with van der Waals surface area (Å²) in [6.07, 6.45) is 0.163. The number of hydrogen-bond acceptors (Lipinski definition) is 5. The van der Waals surface area contributed by atoms with Gasteiger partial charge in [-0.25, -0.2) is 4.79 Å². The number of aliphatic carboxylic acids is 1. The molecule has 114 valence electrons. The van der Waals surface area contributed by atoms with Crippen LogP contribution in [-0.4, -0.2) is 43.5 Å². The van der Waals surface area contributed by atoms with E-state index >= 15 is 0 Å². The molecular weight excluding hydrogens is 302 g/mol. The highest BCUT2D eigenvalue weighted by Gasteiger charge is 2.24. The van der Waals surface area contributed by atoms with Gasteiger partial charge in [0.25, 0.3) is 5.91 Å². The number of hydrogen-bond donors (Lipinski definition) is 2. The third-order valence-corrected chi connectivity index (χ3v) is 3.18. The molecule has 0 saturated heterocycles. The quantitative estimate of drug-likeness (QED) is 0.821. The van der Waals surface area contributed by atoms with E-state index in [1.54, 1.807) is 0 Å². The summed E-state index contributed by atoms with van der Waals surface area (Å²) >= 11 is 5.98. The van der Waals surface area contributed by atoms with E-state index in [9.17, 15) is 9.59 Å².